The molecule has 2 heterocycles. The lowest BCUT2D eigenvalue weighted by molar-refractivity contribution is 0.584. The van der Waals surface area contributed by atoms with Crippen molar-refractivity contribution in [2.45, 2.75) is 20.3 Å². The van der Waals surface area contributed by atoms with Gasteiger partial charge in [-0.3, -0.25) is 0 Å². The first-order valence-electron chi connectivity index (χ1n) is 17.5. The highest BCUT2D eigenvalue weighted by molar-refractivity contribution is 5.92. The fourth-order valence-electron chi connectivity index (χ4n) is 7.05. The zero-order chi connectivity index (χ0) is 34.3. The van der Waals surface area contributed by atoms with E-state index in [4.69, 9.17) is 19.4 Å². The minimum atomic E-state index is 0.474. The quantitative estimate of drug-likeness (QED) is 0.179. The van der Waals surface area contributed by atoms with E-state index in [9.17, 15) is 0 Å². The Morgan fingerprint density at radius 1 is 0.510 bits per heavy atom. The monoisotopic (exact) mass is 657 g/mol. The molecule has 6 aromatic carbocycles. The van der Waals surface area contributed by atoms with E-state index in [2.05, 4.69) is 159 Å². The van der Waals surface area contributed by atoms with Crippen molar-refractivity contribution in [3.8, 4) is 67.5 Å². The van der Waals surface area contributed by atoms with E-state index in [1.54, 1.807) is 0 Å². The maximum Gasteiger partial charge on any atom is 0.164 e. The number of hydrogen-bond acceptors (Lipinski definition) is 4. The molecule has 4 heteroatoms. The van der Waals surface area contributed by atoms with E-state index in [0.29, 0.717) is 23.4 Å². The van der Waals surface area contributed by atoms with E-state index in [1.165, 1.54) is 27.6 Å². The van der Waals surface area contributed by atoms with Crippen LogP contribution in [0.2, 0.25) is 0 Å². The zero-order valence-electron chi connectivity index (χ0n) is 28.5. The Hall–Kier alpha value is -6.39. The number of hydrogen-bond donors (Lipinski definition) is 0. The van der Waals surface area contributed by atoms with Gasteiger partial charge in [0, 0.05) is 27.6 Å². The van der Waals surface area contributed by atoms with Crippen LogP contribution in [0.15, 0.2) is 156 Å². The minimum Gasteiger partial charge on any atom is -0.456 e. The molecule has 2 aromatic heterocycles. The molecular weight excluding hydrogens is 623 g/mol. The summed E-state index contributed by atoms with van der Waals surface area (Å²) in [6.45, 7) is 4.38. The van der Waals surface area contributed by atoms with Gasteiger partial charge in [0.25, 0.3) is 0 Å². The Morgan fingerprint density at radius 2 is 1.04 bits per heavy atom. The second-order valence-corrected chi connectivity index (χ2v) is 13.4. The number of fused-ring (bicyclic) bond motifs is 3. The van der Waals surface area contributed by atoms with Gasteiger partial charge in [-0.2, -0.15) is 0 Å². The van der Waals surface area contributed by atoms with Crippen LogP contribution in [0.5, 0.6) is 0 Å². The second kappa shape index (κ2) is 12.8. The van der Waals surface area contributed by atoms with E-state index in [-0.39, 0.29) is 0 Å². The van der Waals surface area contributed by atoms with E-state index < -0.39 is 0 Å². The Balaban J connectivity index is 1.18. The molecule has 0 saturated carbocycles. The topological polar surface area (TPSA) is 51.8 Å². The molecule has 0 amide bonds. The molecule has 1 atom stereocenters. The van der Waals surface area contributed by atoms with Gasteiger partial charge in [0.2, 0.25) is 0 Å². The predicted octanol–water partition coefficient (Wildman–Crippen LogP) is 12.1. The Kier molecular flexibility index (Phi) is 7.70. The van der Waals surface area contributed by atoms with Crippen molar-refractivity contribution in [2.75, 3.05) is 0 Å². The van der Waals surface area contributed by atoms with Crippen molar-refractivity contribution >= 4 is 17.0 Å². The first-order valence-corrected chi connectivity index (χ1v) is 17.5. The summed E-state index contributed by atoms with van der Waals surface area (Å²) in [5.74, 6) is 3.34. The van der Waals surface area contributed by atoms with Crippen LogP contribution in [0.4, 0.5) is 0 Å². The molecule has 51 heavy (non-hydrogen) atoms. The molecule has 0 fully saturated rings. The molecule has 4 nitrogen and oxygen atoms in total. The van der Waals surface area contributed by atoms with Crippen molar-refractivity contribution in [2.24, 2.45) is 5.92 Å². The minimum absolute atomic E-state index is 0.474. The van der Waals surface area contributed by atoms with Crippen LogP contribution in [-0.4, -0.2) is 15.0 Å². The molecule has 1 unspecified atom stereocenters. The molecule has 1 aliphatic carbocycles. The molecule has 1 aliphatic rings. The van der Waals surface area contributed by atoms with Gasteiger partial charge in [-0.05, 0) is 70.9 Å². The summed E-state index contributed by atoms with van der Waals surface area (Å²) in [6, 6.07) is 50.8. The van der Waals surface area contributed by atoms with Crippen molar-refractivity contribution in [3.63, 3.8) is 0 Å². The first kappa shape index (κ1) is 30.7. The van der Waals surface area contributed by atoms with Crippen LogP contribution >= 0.6 is 0 Å². The van der Waals surface area contributed by atoms with Crippen LogP contribution in [0.1, 0.15) is 23.8 Å². The van der Waals surface area contributed by atoms with Gasteiger partial charge in [0.1, 0.15) is 11.3 Å². The molecule has 0 saturated heterocycles. The third-order valence-electron chi connectivity index (χ3n) is 9.79. The number of nitrogens with zero attached hydrogens (tertiary/aromatic N) is 3. The fraction of sp³-hybridized carbons (Fsp3) is 0.0851. The number of furan rings is 1. The van der Waals surface area contributed by atoms with Crippen LogP contribution in [-0.2, 0) is 6.42 Å². The average molecular weight is 658 g/mol. The number of allylic oxidation sites excluding steroid dienone is 1. The highest BCUT2D eigenvalue weighted by Gasteiger charge is 2.21. The fourth-order valence-corrected chi connectivity index (χ4v) is 7.05. The maximum absolute atomic E-state index is 6.25. The lowest BCUT2D eigenvalue weighted by Gasteiger charge is -2.14. The highest BCUT2D eigenvalue weighted by Crippen LogP contribution is 2.39. The predicted molar refractivity (Wildman–Crippen MR) is 209 cm³/mol. The SMILES string of the molecule is Cc1ccc(-c2nc(-c3ccc(-c4ccccc4)cc3)nc(-c3ccc(-c4ccccc4)cc3)n2)c(-c2ccc3oc4c(c3c2)CC(C)C=C4)c1. The van der Waals surface area contributed by atoms with Gasteiger partial charge in [-0.1, -0.05) is 152 Å². The summed E-state index contributed by atoms with van der Waals surface area (Å²) in [4.78, 5) is 15.4. The highest BCUT2D eigenvalue weighted by atomic mass is 16.3. The summed E-state index contributed by atoms with van der Waals surface area (Å²) >= 11 is 0. The molecule has 0 N–H and O–H groups in total. The molecule has 0 bridgehead atoms. The summed E-state index contributed by atoms with van der Waals surface area (Å²) in [5, 5.41) is 1.17. The lowest BCUT2D eigenvalue weighted by atomic mass is 9.91. The van der Waals surface area contributed by atoms with Gasteiger partial charge < -0.3 is 4.42 Å². The average Bonchev–Trinajstić information content (AvgIpc) is 3.55. The second-order valence-electron chi connectivity index (χ2n) is 13.4. The van der Waals surface area contributed by atoms with Crippen molar-refractivity contribution in [1.29, 1.82) is 0 Å². The number of rotatable bonds is 6. The van der Waals surface area contributed by atoms with Gasteiger partial charge in [-0.25, -0.2) is 15.0 Å². The maximum atomic E-state index is 6.25. The molecule has 0 aliphatic heterocycles. The van der Waals surface area contributed by atoms with Crippen molar-refractivity contribution in [1.82, 2.24) is 15.0 Å². The van der Waals surface area contributed by atoms with Crippen molar-refractivity contribution < 1.29 is 4.42 Å². The van der Waals surface area contributed by atoms with Crippen LogP contribution in [0.25, 0.3) is 84.6 Å². The molecule has 0 radical (unpaired) electrons. The first-order chi connectivity index (χ1) is 25.1. The smallest absolute Gasteiger partial charge is 0.164 e. The standard InChI is InChI=1S/C47H35N3O/c1-30-13-24-39(40(27-30)38-23-26-44-42(29-38)41-28-31(2)14-25-43(41)51-44)47-49-45(36-19-15-34(16-20-36)32-9-5-3-6-10-32)48-46(50-47)37-21-17-35(18-22-37)33-11-7-4-8-12-33/h3-27,29,31H,28H2,1-2H3. The normalized spacial score (nSPS) is 13.7. The third-order valence-corrected chi connectivity index (χ3v) is 9.79. The lowest BCUT2D eigenvalue weighted by Crippen LogP contribution is -2.02. The van der Waals surface area contributed by atoms with Crippen LogP contribution in [0.3, 0.4) is 0 Å². The van der Waals surface area contributed by atoms with Crippen molar-refractivity contribution in [3.05, 3.63) is 169 Å². The third kappa shape index (κ3) is 5.95. The summed E-state index contributed by atoms with van der Waals surface area (Å²) in [5.41, 5.74) is 13.0. The number of benzene rings is 6. The Bertz CT molecular complexity index is 2450. The van der Waals surface area contributed by atoms with Gasteiger partial charge >= 0.3 is 0 Å². The Labute approximate surface area is 297 Å². The Morgan fingerprint density at radius 3 is 1.65 bits per heavy atom. The van der Waals surface area contributed by atoms with Gasteiger partial charge in [0.05, 0.1) is 0 Å². The largest absolute Gasteiger partial charge is 0.456 e. The summed E-state index contributed by atoms with van der Waals surface area (Å²) in [6.07, 6.45) is 5.31. The summed E-state index contributed by atoms with van der Waals surface area (Å²) < 4.78 is 6.25. The molecule has 244 valence electrons. The molecule has 8 aromatic rings. The van der Waals surface area contributed by atoms with Gasteiger partial charge in [-0.15, -0.1) is 0 Å². The number of aryl methyl sites for hydroxylation is 1. The van der Waals surface area contributed by atoms with Crippen LogP contribution in [0, 0.1) is 12.8 Å². The van der Waals surface area contributed by atoms with E-state index in [1.807, 2.05) is 12.1 Å². The van der Waals surface area contributed by atoms with Gasteiger partial charge in [0.15, 0.2) is 17.5 Å². The van der Waals surface area contributed by atoms with E-state index >= 15 is 0 Å². The zero-order valence-corrected chi connectivity index (χ0v) is 28.5. The molecular formula is C47H35N3O. The number of aromatic nitrogens is 3. The van der Waals surface area contributed by atoms with Crippen LogP contribution < -0.4 is 0 Å². The molecule has 9 rings (SSSR count). The molecule has 0 spiro atoms. The summed E-state index contributed by atoms with van der Waals surface area (Å²) in [7, 11) is 0. The van der Waals surface area contributed by atoms with E-state index in [0.717, 1.165) is 56.7 Å².